The van der Waals surface area contributed by atoms with E-state index >= 15 is 0 Å². The minimum absolute atomic E-state index is 0.116. The fraction of sp³-hybridized carbons (Fsp3) is 0.667. The average molecular weight is 239 g/mol. The van der Waals surface area contributed by atoms with Gasteiger partial charge in [0.1, 0.15) is 5.69 Å². The van der Waals surface area contributed by atoms with E-state index in [0.717, 1.165) is 5.69 Å². The first kappa shape index (κ1) is 13.7. The molecule has 0 aromatic carbocycles. The van der Waals surface area contributed by atoms with Crippen molar-refractivity contribution in [1.29, 1.82) is 0 Å². The van der Waals surface area contributed by atoms with Crippen LogP contribution in [0.3, 0.4) is 0 Å². The topological polar surface area (TPSA) is 58.4 Å². The first-order valence-corrected chi connectivity index (χ1v) is 5.77. The molecule has 0 unspecified atom stereocenters. The molecular formula is C12H21N3O2. The van der Waals surface area contributed by atoms with Crippen LogP contribution in [0.2, 0.25) is 0 Å². The third-order valence-electron chi connectivity index (χ3n) is 2.39. The quantitative estimate of drug-likeness (QED) is 0.854. The Morgan fingerprint density at radius 1 is 1.59 bits per heavy atom. The molecule has 0 aliphatic rings. The Morgan fingerprint density at radius 3 is 2.65 bits per heavy atom. The van der Waals surface area contributed by atoms with Crippen LogP contribution in [-0.2, 0) is 6.54 Å². The van der Waals surface area contributed by atoms with Gasteiger partial charge in [-0.15, -0.1) is 0 Å². The van der Waals surface area contributed by atoms with Gasteiger partial charge in [-0.1, -0.05) is 0 Å². The average Bonchev–Trinajstić information content (AvgIpc) is 2.55. The predicted octanol–water partition coefficient (Wildman–Crippen LogP) is 1.05. The molecule has 0 bridgehead atoms. The molecule has 1 rings (SSSR count). The maximum Gasteiger partial charge on any atom is 0.271 e. The highest BCUT2D eigenvalue weighted by Crippen LogP contribution is 2.10. The van der Waals surface area contributed by atoms with Gasteiger partial charge in [0.05, 0.1) is 11.3 Å². The number of amides is 1. The number of hydrogen-bond acceptors (Lipinski definition) is 3. The number of nitrogens with zero attached hydrogens (tertiary/aromatic N) is 3. The Bertz CT molecular complexity index is 404. The van der Waals surface area contributed by atoms with Gasteiger partial charge in [-0.2, -0.15) is 5.10 Å². The Hall–Kier alpha value is -1.36. The molecule has 1 amide bonds. The van der Waals surface area contributed by atoms with Gasteiger partial charge in [-0.05, 0) is 33.8 Å². The lowest BCUT2D eigenvalue weighted by Crippen LogP contribution is -2.40. The maximum absolute atomic E-state index is 12.2. The van der Waals surface area contributed by atoms with Crippen LogP contribution in [-0.4, -0.2) is 44.9 Å². The van der Waals surface area contributed by atoms with Gasteiger partial charge >= 0.3 is 0 Å². The monoisotopic (exact) mass is 239 g/mol. The smallest absolute Gasteiger partial charge is 0.271 e. The molecule has 17 heavy (non-hydrogen) atoms. The molecule has 0 saturated heterocycles. The lowest BCUT2D eigenvalue weighted by atomic mass is 10.1. The molecule has 0 fully saturated rings. The summed E-state index contributed by atoms with van der Waals surface area (Å²) in [7, 11) is 1.68. The summed E-state index contributed by atoms with van der Waals surface area (Å²) >= 11 is 0. The Kier molecular flexibility index (Phi) is 3.93. The van der Waals surface area contributed by atoms with Crippen molar-refractivity contribution in [2.75, 3.05) is 13.6 Å². The van der Waals surface area contributed by atoms with Gasteiger partial charge in [0.25, 0.3) is 5.91 Å². The molecule has 1 aromatic rings. The molecule has 5 nitrogen and oxygen atoms in total. The molecule has 0 aliphatic heterocycles. The highest BCUT2D eigenvalue weighted by Gasteiger charge is 2.22. The zero-order valence-electron chi connectivity index (χ0n) is 11.2. The standard InChI is InChI=1S/C12H21N3O2/c1-6-15-10(7-9(2)13-15)11(16)14(5)8-12(3,4)17/h7,17H,6,8H2,1-5H3. The summed E-state index contributed by atoms with van der Waals surface area (Å²) in [4.78, 5) is 13.7. The zero-order chi connectivity index (χ0) is 13.2. The van der Waals surface area contributed by atoms with Gasteiger partial charge in [0, 0.05) is 20.1 Å². The summed E-state index contributed by atoms with van der Waals surface area (Å²) in [5.41, 5.74) is 0.500. The summed E-state index contributed by atoms with van der Waals surface area (Å²) in [6, 6.07) is 1.77. The van der Waals surface area contributed by atoms with E-state index in [4.69, 9.17) is 0 Å². The molecule has 0 saturated carbocycles. The highest BCUT2D eigenvalue weighted by atomic mass is 16.3. The number of aromatic nitrogens is 2. The molecule has 1 heterocycles. The van der Waals surface area contributed by atoms with Gasteiger partial charge in [0.15, 0.2) is 0 Å². The number of rotatable bonds is 4. The van der Waals surface area contributed by atoms with Crippen molar-refractivity contribution in [1.82, 2.24) is 14.7 Å². The van der Waals surface area contributed by atoms with Crippen molar-refractivity contribution >= 4 is 5.91 Å². The molecule has 0 spiro atoms. The number of carbonyl (C=O) groups is 1. The van der Waals surface area contributed by atoms with E-state index < -0.39 is 5.60 Å². The molecule has 0 atom stereocenters. The summed E-state index contributed by atoms with van der Waals surface area (Å²) < 4.78 is 1.68. The molecule has 5 heteroatoms. The van der Waals surface area contributed by atoms with Gasteiger partial charge in [-0.25, -0.2) is 0 Å². The van der Waals surface area contributed by atoms with E-state index in [9.17, 15) is 9.90 Å². The van der Waals surface area contributed by atoms with Gasteiger partial charge in [0.2, 0.25) is 0 Å². The van der Waals surface area contributed by atoms with Crippen molar-refractivity contribution in [2.24, 2.45) is 0 Å². The number of likely N-dealkylation sites (N-methyl/N-ethyl adjacent to an activating group) is 1. The number of aryl methyl sites for hydroxylation is 2. The molecule has 96 valence electrons. The van der Waals surface area contributed by atoms with Crippen molar-refractivity contribution in [3.63, 3.8) is 0 Å². The van der Waals surface area contributed by atoms with E-state index in [1.165, 1.54) is 4.90 Å². The number of hydrogen-bond donors (Lipinski definition) is 1. The van der Waals surface area contributed by atoms with Crippen molar-refractivity contribution in [2.45, 2.75) is 39.8 Å². The van der Waals surface area contributed by atoms with Crippen LogP contribution in [0.1, 0.15) is 37.0 Å². The second kappa shape index (κ2) is 4.87. The largest absolute Gasteiger partial charge is 0.389 e. The van der Waals surface area contributed by atoms with E-state index in [2.05, 4.69) is 5.10 Å². The fourth-order valence-electron chi connectivity index (χ4n) is 1.81. The third-order valence-corrected chi connectivity index (χ3v) is 2.39. The Morgan fingerprint density at radius 2 is 2.18 bits per heavy atom. The van der Waals surface area contributed by atoms with E-state index in [-0.39, 0.29) is 5.91 Å². The summed E-state index contributed by atoms with van der Waals surface area (Å²) in [5, 5.41) is 13.9. The molecule has 1 aromatic heterocycles. The van der Waals surface area contributed by atoms with Gasteiger partial charge < -0.3 is 10.0 Å². The molecule has 0 aliphatic carbocycles. The first-order chi connectivity index (χ1) is 7.74. The predicted molar refractivity (Wildman–Crippen MR) is 65.9 cm³/mol. The third kappa shape index (κ3) is 3.56. The van der Waals surface area contributed by atoms with Crippen molar-refractivity contribution in [3.05, 3.63) is 17.5 Å². The normalized spacial score (nSPS) is 11.6. The number of aliphatic hydroxyl groups is 1. The van der Waals surface area contributed by atoms with Gasteiger partial charge in [-0.3, -0.25) is 9.48 Å². The van der Waals surface area contributed by atoms with Crippen LogP contribution in [0.15, 0.2) is 6.07 Å². The molecule has 1 N–H and O–H groups in total. The summed E-state index contributed by atoms with van der Waals surface area (Å²) in [5.74, 6) is -0.116. The van der Waals surface area contributed by atoms with Crippen LogP contribution in [0, 0.1) is 6.92 Å². The van der Waals surface area contributed by atoms with E-state index in [1.807, 2.05) is 13.8 Å². The minimum Gasteiger partial charge on any atom is -0.389 e. The van der Waals surface area contributed by atoms with Crippen molar-refractivity contribution in [3.8, 4) is 0 Å². The van der Waals surface area contributed by atoms with Crippen LogP contribution in [0.5, 0.6) is 0 Å². The lowest BCUT2D eigenvalue weighted by Gasteiger charge is -2.25. The SMILES string of the molecule is CCn1nc(C)cc1C(=O)N(C)CC(C)(C)O. The zero-order valence-corrected chi connectivity index (χ0v) is 11.2. The summed E-state index contributed by atoms with van der Waals surface area (Å²) in [6.07, 6.45) is 0. The Labute approximate surface area is 102 Å². The number of carbonyl (C=O) groups excluding carboxylic acids is 1. The first-order valence-electron chi connectivity index (χ1n) is 5.77. The second-order valence-electron chi connectivity index (χ2n) is 4.96. The maximum atomic E-state index is 12.2. The van der Waals surface area contributed by atoms with Crippen LogP contribution >= 0.6 is 0 Å². The minimum atomic E-state index is -0.892. The van der Waals surface area contributed by atoms with Crippen LogP contribution < -0.4 is 0 Å². The fourth-order valence-corrected chi connectivity index (χ4v) is 1.81. The molecule has 0 radical (unpaired) electrons. The molecular weight excluding hydrogens is 218 g/mol. The lowest BCUT2D eigenvalue weighted by molar-refractivity contribution is 0.0361. The van der Waals surface area contributed by atoms with Crippen molar-refractivity contribution < 1.29 is 9.90 Å². The van der Waals surface area contributed by atoms with E-state index in [0.29, 0.717) is 18.8 Å². The van der Waals surface area contributed by atoms with Crippen LogP contribution in [0.4, 0.5) is 0 Å². The Balaban J connectivity index is 2.88. The summed E-state index contributed by atoms with van der Waals surface area (Å²) in [6.45, 7) is 8.11. The second-order valence-corrected chi connectivity index (χ2v) is 4.96. The van der Waals surface area contributed by atoms with E-state index in [1.54, 1.807) is 31.6 Å². The highest BCUT2D eigenvalue weighted by molar-refractivity contribution is 5.92. The van der Waals surface area contributed by atoms with Crippen LogP contribution in [0.25, 0.3) is 0 Å².